The van der Waals surface area contributed by atoms with Gasteiger partial charge in [-0.25, -0.2) is 13.2 Å². The minimum Gasteiger partial charge on any atom is -0.495 e. The van der Waals surface area contributed by atoms with Crippen LogP contribution in [0.4, 0.5) is 22.0 Å². The van der Waals surface area contributed by atoms with Crippen LogP contribution in [0, 0.1) is 29.1 Å². The third kappa shape index (κ3) is 5.00. The van der Waals surface area contributed by atoms with Crippen molar-refractivity contribution in [1.82, 2.24) is 4.57 Å². The van der Waals surface area contributed by atoms with E-state index in [4.69, 9.17) is 16.3 Å². The summed E-state index contributed by atoms with van der Waals surface area (Å²) in [5.74, 6) is -13.8. The van der Waals surface area contributed by atoms with E-state index in [0.717, 1.165) is 29.3 Å². The van der Waals surface area contributed by atoms with Crippen molar-refractivity contribution in [2.75, 3.05) is 7.11 Å². The second-order valence-corrected chi connectivity index (χ2v) is 10.5. The number of rotatable bonds is 6. The predicted octanol–water partition coefficient (Wildman–Crippen LogP) is 6.78. The molecular weight excluding hydrogens is 593 g/mol. The van der Waals surface area contributed by atoms with Gasteiger partial charge >= 0.3 is 10.1 Å². The van der Waals surface area contributed by atoms with Crippen LogP contribution >= 0.6 is 11.6 Å². The molecule has 0 unspecified atom stereocenters. The fourth-order valence-corrected chi connectivity index (χ4v) is 5.22. The Hall–Kier alpha value is -4.42. The molecule has 1 heterocycles. The summed E-state index contributed by atoms with van der Waals surface area (Å²) in [5, 5.41) is 0.717. The van der Waals surface area contributed by atoms with E-state index in [1.165, 1.54) is 23.8 Å². The van der Waals surface area contributed by atoms with Crippen molar-refractivity contribution in [2.45, 2.75) is 4.90 Å². The van der Waals surface area contributed by atoms with Gasteiger partial charge in [-0.1, -0.05) is 29.8 Å². The van der Waals surface area contributed by atoms with E-state index < -0.39 is 55.4 Å². The van der Waals surface area contributed by atoms with Crippen molar-refractivity contribution < 1.29 is 39.3 Å². The summed E-state index contributed by atoms with van der Waals surface area (Å²) in [7, 11) is -3.69. The molecule has 0 atom stereocenters. The maximum Gasteiger partial charge on any atom is 0.339 e. The first kappa shape index (κ1) is 28.1. The summed E-state index contributed by atoms with van der Waals surface area (Å²) >= 11 is 5.96. The van der Waals surface area contributed by atoms with Crippen LogP contribution in [0.5, 0.6) is 11.5 Å². The Kier molecular flexibility index (Phi) is 7.22. The summed E-state index contributed by atoms with van der Waals surface area (Å²) in [4.78, 5) is 12.3. The molecule has 0 radical (unpaired) electrons. The molecule has 0 saturated carbocycles. The number of halogens is 6. The van der Waals surface area contributed by atoms with E-state index in [0.29, 0.717) is 16.5 Å². The molecule has 0 fully saturated rings. The summed E-state index contributed by atoms with van der Waals surface area (Å²) in [5.41, 5.74) is 1.62. The lowest BCUT2D eigenvalue weighted by molar-refractivity contribution is 0.346. The number of ether oxygens (including phenoxy) is 1. The number of benzene rings is 4. The number of pyridine rings is 1. The van der Waals surface area contributed by atoms with Crippen molar-refractivity contribution in [2.24, 2.45) is 0 Å². The van der Waals surface area contributed by atoms with E-state index in [-0.39, 0.29) is 10.9 Å². The molecule has 1 aromatic heterocycles. The van der Waals surface area contributed by atoms with Crippen LogP contribution in [0.2, 0.25) is 5.02 Å². The van der Waals surface area contributed by atoms with Crippen LogP contribution < -0.4 is 14.5 Å². The summed E-state index contributed by atoms with van der Waals surface area (Å²) in [6.07, 6.45) is 0. The number of methoxy groups -OCH3 is 1. The highest BCUT2D eigenvalue weighted by Crippen LogP contribution is 2.34. The highest BCUT2D eigenvalue weighted by molar-refractivity contribution is 7.87. The SMILES string of the molecule is COc1cc(-c2ccc(Cl)cc2)ccc1-n1c(=O)ccc2cc(S(=O)(=O)Oc3c(F)c(F)c(F)c(F)c3F)ccc21. The maximum atomic E-state index is 14.0. The molecule has 0 spiro atoms. The molecule has 0 saturated heterocycles. The maximum absolute atomic E-state index is 14.0. The molecular formula is C28H15ClF5NO5S. The Morgan fingerprint density at radius 3 is 1.98 bits per heavy atom. The second-order valence-electron chi connectivity index (χ2n) is 8.56. The highest BCUT2D eigenvalue weighted by atomic mass is 35.5. The van der Waals surface area contributed by atoms with Gasteiger partial charge in [-0.15, -0.1) is 0 Å². The first-order valence-electron chi connectivity index (χ1n) is 11.5. The van der Waals surface area contributed by atoms with E-state index in [2.05, 4.69) is 4.18 Å². The van der Waals surface area contributed by atoms with E-state index in [1.807, 2.05) is 0 Å². The van der Waals surface area contributed by atoms with Crippen LogP contribution in [-0.4, -0.2) is 20.1 Å². The third-order valence-electron chi connectivity index (χ3n) is 6.12. The molecule has 0 aliphatic rings. The molecule has 0 N–H and O–H groups in total. The van der Waals surface area contributed by atoms with Gasteiger partial charge in [-0.3, -0.25) is 9.36 Å². The Balaban J connectivity index is 1.59. The quantitative estimate of drug-likeness (QED) is 0.0921. The monoisotopic (exact) mass is 607 g/mol. The van der Waals surface area contributed by atoms with Crippen molar-refractivity contribution in [3.8, 4) is 28.3 Å². The minimum absolute atomic E-state index is 0.163. The lowest BCUT2D eigenvalue weighted by Gasteiger charge is -2.16. The third-order valence-corrected chi connectivity index (χ3v) is 7.58. The van der Waals surface area contributed by atoms with Gasteiger partial charge in [0.15, 0.2) is 0 Å². The van der Waals surface area contributed by atoms with Crippen molar-refractivity contribution in [1.29, 1.82) is 0 Å². The molecule has 6 nitrogen and oxygen atoms in total. The van der Waals surface area contributed by atoms with Crippen LogP contribution in [0.1, 0.15) is 0 Å². The van der Waals surface area contributed by atoms with E-state index in [1.54, 1.807) is 42.5 Å². The van der Waals surface area contributed by atoms with Crippen LogP contribution in [0.15, 0.2) is 82.5 Å². The zero-order valence-electron chi connectivity index (χ0n) is 20.6. The first-order valence-corrected chi connectivity index (χ1v) is 13.3. The molecule has 4 aromatic carbocycles. The zero-order chi connectivity index (χ0) is 29.6. The predicted molar refractivity (Wildman–Crippen MR) is 141 cm³/mol. The Morgan fingerprint density at radius 2 is 1.34 bits per heavy atom. The molecule has 0 aliphatic heterocycles. The first-order chi connectivity index (χ1) is 19.4. The molecule has 5 aromatic rings. The molecule has 0 amide bonds. The Bertz CT molecular complexity index is 1990. The number of nitrogens with zero attached hydrogens (tertiary/aromatic N) is 1. The summed E-state index contributed by atoms with van der Waals surface area (Å²) in [6, 6.07) is 17.7. The lowest BCUT2D eigenvalue weighted by Crippen LogP contribution is -2.19. The largest absolute Gasteiger partial charge is 0.495 e. The Morgan fingerprint density at radius 1 is 0.732 bits per heavy atom. The minimum atomic E-state index is -5.09. The molecule has 5 rings (SSSR count). The van der Waals surface area contributed by atoms with E-state index in [9.17, 15) is 35.2 Å². The fraction of sp³-hybridized carbons (Fsp3) is 0.0357. The van der Waals surface area contributed by atoms with Gasteiger partial charge in [0.25, 0.3) is 5.56 Å². The van der Waals surface area contributed by atoms with Gasteiger partial charge in [0.05, 0.1) is 18.3 Å². The van der Waals surface area contributed by atoms with Crippen LogP contribution in [0.3, 0.4) is 0 Å². The van der Waals surface area contributed by atoms with Crippen molar-refractivity contribution in [3.05, 3.63) is 117 Å². The molecule has 0 aliphatic carbocycles. The number of fused-ring (bicyclic) bond motifs is 1. The van der Waals surface area contributed by atoms with Gasteiger partial charge in [0, 0.05) is 16.5 Å². The number of hydrogen-bond acceptors (Lipinski definition) is 5. The van der Waals surface area contributed by atoms with Crippen LogP contribution in [0.25, 0.3) is 27.7 Å². The average molecular weight is 608 g/mol. The molecule has 0 bridgehead atoms. The van der Waals surface area contributed by atoms with Gasteiger partial charge in [0.2, 0.25) is 34.8 Å². The lowest BCUT2D eigenvalue weighted by atomic mass is 10.0. The number of aromatic nitrogens is 1. The fourth-order valence-electron chi connectivity index (χ4n) is 4.13. The van der Waals surface area contributed by atoms with Crippen molar-refractivity contribution >= 4 is 32.6 Å². The van der Waals surface area contributed by atoms with Gasteiger partial charge in [-0.2, -0.15) is 17.2 Å². The average Bonchev–Trinajstić information content (AvgIpc) is 2.97. The van der Waals surface area contributed by atoms with Gasteiger partial charge in [0.1, 0.15) is 10.6 Å². The standard InChI is InChI=1S/C28H15ClF5NO5S/c1-39-21-13-15(14-2-6-17(29)7-3-14)4-9-20(21)35-19-10-8-18(12-16(19)5-11-22(35)36)41(37,38)40-28-26(33)24(31)23(30)25(32)27(28)34/h2-13H,1H3. The normalized spacial score (nSPS) is 11.6. The van der Waals surface area contributed by atoms with E-state index >= 15 is 0 Å². The summed E-state index contributed by atoms with van der Waals surface area (Å²) < 4.78 is 105. The Labute approximate surface area is 233 Å². The highest BCUT2D eigenvalue weighted by Gasteiger charge is 2.31. The topological polar surface area (TPSA) is 74.6 Å². The smallest absolute Gasteiger partial charge is 0.339 e. The van der Waals surface area contributed by atoms with Gasteiger partial charge in [-0.05, 0) is 59.7 Å². The van der Waals surface area contributed by atoms with Crippen LogP contribution in [-0.2, 0) is 10.1 Å². The van der Waals surface area contributed by atoms with Gasteiger partial charge < -0.3 is 8.92 Å². The molecule has 41 heavy (non-hydrogen) atoms. The number of hydrogen-bond donors (Lipinski definition) is 0. The molecule has 210 valence electrons. The van der Waals surface area contributed by atoms with Crippen molar-refractivity contribution in [3.63, 3.8) is 0 Å². The zero-order valence-corrected chi connectivity index (χ0v) is 22.2. The molecule has 13 heteroatoms. The summed E-state index contributed by atoms with van der Waals surface area (Å²) in [6.45, 7) is 0. The second kappa shape index (κ2) is 10.5.